The summed E-state index contributed by atoms with van der Waals surface area (Å²) in [6.07, 6.45) is 3.03. The molecule has 1 fully saturated rings. The minimum absolute atomic E-state index is 0.314. The molecule has 1 aromatic heterocycles. The number of hydrogen-bond donors (Lipinski definition) is 2. The van der Waals surface area contributed by atoms with Gasteiger partial charge in [-0.3, -0.25) is 0 Å². The number of carboxylic acid groups (broad SMARTS) is 1. The number of carboxylic acids is 1. The fourth-order valence-corrected chi connectivity index (χ4v) is 3.40. The summed E-state index contributed by atoms with van der Waals surface area (Å²) in [6, 6.07) is 5.89. The number of carbonyl (C=O) groups is 1. The smallest absolute Gasteiger partial charge is 0.336 e. The SMILES string of the molecule is CC(C)n1cc(CCN2CCNCC2)c2c(C(=O)O)cccc21. The normalized spacial score (nSPS) is 16.3. The molecule has 2 N–H and O–H groups in total. The Morgan fingerprint density at radius 2 is 2.04 bits per heavy atom. The van der Waals surface area contributed by atoms with Crippen LogP contribution in [0.1, 0.15) is 35.8 Å². The first-order valence-corrected chi connectivity index (χ1v) is 8.36. The van der Waals surface area contributed by atoms with Crippen molar-refractivity contribution in [3.63, 3.8) is 0 Å². The second-order valence-electron chi connectivity index (χ2n) is 6.50. The molecule has 0 unspecified atom stereocenters. The van der Waals surface area contributed by atoms with E-state index in [1.165, 1.54) is 0 Å². The van der Waals surface area contributed by atoms with Crippen LogP contribution in [-0.2, 0) is 6.42 Å². The quantitative estimate of drug-likeness (QED) is 0.889. The van der Waals surface area contributed by atoms with Crippen LogP contribution in [0.25, 0.3) is 10.9 Å². The fourth-order valence-electron chi connectivity index (χ4n) is 3.40. The number of nitrogens with one attached hydrogen (secondary N) is 1. The molecule has 124 valence electrons. The lowest BCUT2D eigenvalue weighted by Crippen LogP contribution is -2.44. The topological polar surface area (TPSA) is 57.5 Å². The molecule has 2 aromatic rings. The number of piperazine rings is 1. The first-order chi connectivity index (χ1) is 11.1. The molecule has 0 aliphatic carbocycles. The van der Waals surface area contributed by atoms with Crippen LogP contribution in [0.2, 0.25) is 0 Å². The molecular formula is C18H25N3O2. The minimum atomic E-state index is -0.847. The number of aromatic nitrogens is 1. The van der Waals surface area contributed by atoms with E-state index in [0.717, 1.165) is 55.6 Å². The van der Waals surface area contributed by atoms with Gasteiger partial charge in [0.15, 0.2) is 0 Å². The highest BCUT2D eigenvalue weighted by Gasteiger charge is 2.18. The highest BCUT2D eigenvalue weighted by molar-refractivity contribution is 6.04. The Bertz CT molecular complexity index is 700. The maximum Gasteiger partial charge on any atom is 0.336 e. The fraction of sp³-hybridized carbons (Fsp3) is 0.500. The van der Waals surface area contributed by atoms with Gasteiger partial charge in [0.05, 0.1) is 5.56 Å². The molecule has 5 nitrogen and oxygen atoms in total. The van der Waals surface area contributed by atoms with Crippen LogP contribution >= 0.6 is 0 Å². The Morgan fingerprint density at radius 1 is 1.30 bits per heavy atom. The van der Waals surface area contributed by atoms with Gasteiger partial charge in [-0.25, -0.2) is 4.79 Å². The third-order valence-corrected chi connectivity index (χ3v) is 4.63. The molecule has 5 heteroatoms. The molecule has 1 aromatic carbocycles. The van der Waals surface area contributed by atoms with Crippen LogP contribution in [0.4, 0.5) is 0 Å². The molecule has 1 aliphatic heterocycles. The molecule has 0 saturated carbocycles. The summed E-state index contributed by atoms with van der Waals surface area (Å²) >= 11 is 0. The maximum absolute atomic E-state index is 11.6. The van der Waals surface area contributed by atoms with Crippen molar-refractivity contribution < 1.29 is 9.90 Å². The van der Waals surface area contributed by atoms with Gasteiger partial charge in [-0.1, -0.05) is 6.07 Å². The Balaban J connectivity index is 1.95. The van der Waals surface area contributed by atoms with Crippen LogP contribution < -0.4 is 5.32 Å². The zero-order valence-electron chi connectivity index (χ0n) is 13.9. The van der Waals surface area contributed by atoms with Crippen molar-refractivity contribution in [3.05, 3.63) is 35.5 Å². The highest BCUT2D eigenvalue weighted by atomic mass is 16.4. The monoisotopic (exact) mass is 315 g/mol. The number of nitrogens with zero attached hydrogens (tertiary/aromatic N) is 2. The Hall–Kier alpha value is -1.85. The van der Waals surface area contributed by atoms with Gasteiger partial charge in [0.25, 0.3) is 0 Å². The zero-order chi connectivity index (χ0) is 16.4. The van der Waals surface area contributed by atoms with Gasteiger partial charge in [0.2, 0.25) is 0 Å². The molecular weight excluding hydrogens is 290 g/mol. The van der Waals surface area contributed by atoms with Crippen LogP contribution in [0, 0.1) is 0 Å². The molecule has 1 aliphatic rings. The maximum atomic E-state index is 11.6. The third-order valence-electron chi connectivity index (χ3n) is 4.63. The average molecular weight is 315 g/mol. The molecule has 0 bridgehead atoms. The summed E-state index contributed by atoms with van der Waals surface area (Å²) in [5.41, 5.74) is 2.58. The van der Waals surface area contributed by atoms with Crippen molar-refractivity contribution in [3.8, 4) is 0 Å². The van der Waals surface area contributed by atoms with Crippen molar-refractivity contribution in [2.24, 2.45) is 0 Å². The molecule has 2 heterocycles. The third kappa shape index (κ3) is 3.26. The van der Waals surface area contributed by atoms with Crippen molar-refractivity contribution in [2.75, 3.05) is 32.7 Å². The van der Waals surface area contributed by atoms with Gasteiger partial charge >= 0.3 is 5.97 Å². The van der Waals surface area contributed by atoms with E-state index in [9.17, 15) is 9.90 Å². The number of fused-ring (bicyclic) bond motifs is 1. The molecule has 3 rings (SSSR count). The van der Waals surface area contributed by atoms with E-state index in [1.54, 1.807) is 6.07 Å². The van der Waals surface area contributed by atoms with Gasteiger partial charge < -0.3 is 19.9 Å². The lowest BCUT2D eigenvalue weighted by Gasteiger charge is -2.27. The van der Waals surface area contributed by atoms with E-state index in [-0.39, 0.29) is 0 Å². The lowest BCUT2D eigenvalue weighted by atomic mass is 10.0. The van der Waals surface area contributed by atoms with E-state index in [0.29, 0.717) is 11.6 Å². The average Bonchev–Trinajstić information content (AvgIpc) is 2.93. The summed E-state index contributed by atoms with van der Waals surface area (Å²) < 4.78 is 2.19. The van der Waals surface area contributed by atoms with Crippen LogP contribution in [0.15, 0.2) is 24.4 Å². The van der Waals surface area contributed by atoms with Gasteiger partial charge in [0.1, 0.15) is 0 Å². The molecule has 0 radical (unpaired) electrons. The van der Waals surface area contributed by atoms with E-state index in [1.807, 2.05) is 12.1 Å². The van der Waals surface area contributed by atoms with Crippen molar-refractivity contribution in [2.45, 2.75) is 26.3 Å². The second kappa shape index (κ2) is 6.72. The summed E-state index contributed by atoms with van der Waals surface area (Å²) in [4.78, 5) is 14.1. The van der Waals surface area contributed by atoms with Crippen LogP contribution in [0.5, 0.6) is 0 Å². The first kappa shape index (κ1) is 16.0. The summed E-state index contributed by atoms with van der Waals surface area (Å²) in [5, 5.41) is 13.8. The molecule has 23 heavy (non-hydrogen) atoms. The van der Waals surface area contributed by atoms with Gasteiger partial charge in [-0.2, -0.15) is 0 Å². The highest BCUT2D eigenvalue weighted by Crippen LogP contribution is 2.28. The standard InChI is InChI=1S/C18H25N3O2/c1-13(2)21-12-14(6-9-20-10-7-19-8-11-20)17-15(18(22)23)4-3-5-16(17)21/h3-5,12-13,19H,6-11H2,1-2H3,(H,22,23). The van der Waals surface area contributed by atoms with E-state index >= 15 is 0 Å². The minimum Gasteiger partial charge on any atom is -0.478 e. The molecule has 1 saturated heterocycles. The second-order valence-corrected chi connectivity index (χ2v) is 6.50. The Labute approximate surface area is 136 Å². The summed E-state index contributed by atoms with van der Waals surface area (Å²) in [5.74, 6) is -0.847. The lowest BCUT2D eigenvalue weighted by molar-refractivity contribution is 0.0699. The van der Waals surface area contributed by atoms with Gasteiger partial charge in [0, 0.05) is 55.9 Å². The number of rotatable bonds is 5. The van der Waals surface area contributed by atoms with Crippen molar-refractivity contribution in [1.82, 2.24) is 14.8 Å². The predicted molar refractivity (Wildman–Crippen MR) is 92.3 cm³/mol. The largest absolute Gasteiger partial charge is 0.478 e. The Morgan fingerprint density at radius 3 is 2.70 bits per heavy atom. The molecule has 0 atom stereocenters. The van der Waals surface area contributed by atoms with Gasteiger partial charge in [-0.05, 0) is 38.0 Å². The number of benzene rings is 1. The van der Waals surface area contributed by atoms with Crippen LogP contribution in [0.3, 0.4) is 0 Å². The van der Waals surface area contributed by atoms with Crippen molar-refractivity contribution in [1.29, 1.82) is 0 Å². The summed E-state index contributed by atoms with van der Waals surface area (Å²) in [7, 11) is 0. The van der Waals surface area contributed by atoms with Crippen molar-refractivity contribution >= 4 is 16.9 Å². The Kier molecular flexibility index (Phi) is 4.68. The number of hydrogen-bond acceptors (Lipinski definition) is 3. The van der Waals surface area contributed by atoms with Crippen LogP contribution in [-0.4, -0.2) is 53.3 Å². The molecule has 0 spiro atoms. The first-order valence-electron chi connectivity index (χ1n) is 8.36. The van der Waals surface area contributed by atoms with E-state index in [2.05, 4.69) is 34.8 Å². The van der Waals surface area contributed by atoms with E-state index < -0.39 is 5.97 Å². The number of aromatic carboxylic acids is 1. The predicted octanol–water partition coefficient (Wildman–Crippen LogP) is 2.37. The van der Waals surface area contributed by atoms with Gasteiger partial charge in [-0.15, -0.1) is 0 Å². The zero-order valence-corrected chi connectivity index (χ0v) is 13.9. The summed E-state index contributed by atoms with van der Waals surface area (Å²) in [6.45, 7) is 9.44. The molecule has 0 amide bonds. The van der Waals surface area contributed by atoms with E-state index in [4.69, 9.17) is 0 Å².